The molecule has 0 fully saturated rings. The molecule has 0 unspecified atom stereocenters. The molecule has 0 amide bonds. The van der Waals surface area contributed by atoms with Crippen LogP contribution >= 0.6 is 27.5 Å². The van der Waals surface area contributed by atoms with Crippen LogP contribution in [0.2, 0.25) is 5.15 Å². The molecule has 0 radical (unpaired) electrons. The van der Waals surface area contributed by atoms with E-state index in [-0.39, 0.29) is 17.5 Å². The van der Waals surface area contributed by atoms with Crippen molar-refractivity contribution in [2.24, 2.45) is 0 Å². The molecular formula is C7H6BrClN2O2. The van der Waals surface area contributed by atoms with Crippen molar-refractivity contribution < 1.29 is 9.53 Å². The first kappa shape index (κ1) is 10.4. The summed E-state index contributed by atoms with van der Waals surface area (Å²) in [5.74, 6) is -0.568. The molecule has 0 aliphatic rings. The Balaban J connectivity index is 2.99. The SMILES string of the molecule is CCOC(=O)c1nc(Br)cnc1Cl. The highest BCUT2D eigenvalue weighted by Gasteiger charge is 2.14. The Kier molecular flexibility index (Phi) is 3.62. The lowest BCUT2D eigenvalue weighted by Gasteiger charge is -2.01. The fourth-order valence-electron chi connectivity index (χ4n) is 0.682. The van der Waals surface area contributed by atoms with Gasteiger partial charge in [-0.15, -0.1) is 0 Å². The Morgan fingerprint density at radius 3 is 3.08 bits per heavy atom. The van der Waals surface area contributed by atoms with Crippen LogP contribution in [-0.2, 0) is 4.74 Å². The van der Waals surface area contributed by atoms with Gasteiger partial charge in [-0.1, -0.05) is 11.6 Å². The molecule has 6 heteroatoms. The lowest BCUT2D eigenvalue weighted by Crippen LogP contribution is -2.08. The molecule has 0 aromatic carbocycles. The number of nitrogens with zero attached hydrogens (tertiary/aromatic N) is 2. The lowest BCUT2D eigenvalue weighted by molar-refractivity contribution is 0.0519. The van der Waals surface area contributed by atoms with E-state index in [2.05, 4.69) is 25.9 Å². The largest absolute Gasteiger partial charge is 0.461 e. The van der Waals surface area contributed by atoms with Crippen molar-refractivity contribution in [2.45, 2.75) is 6.92 Å². The predicted octanol–water partition coefficient (Wildman–Crippen LogP) is 2.07. The smallest absolute Gasteiger partial charge is 0.360 e. The second kappa shape index (κ2) is 4.53. The van der Waals surface area contributed by atoms with E-state index in [4.69, 9.17) is 16.3 Å². The average Bonchev–Trinajstić information content (AvgIpc) is 2.09. The normalized spacial score (nSPS) is 9.77. The summed E-state index contributed by atoms with van der Waals surface area (Å²) in [5, 5.41) is 0.0432. The second-order valence-corrected chi connectivity index (χ2v) is 3.22. The van der Waals surface area contributed by atoms with Crippen LogP contribution in [0.15, 0.2) is 10.8 Å². The average molecular weight is 265 g/mol. The third kappa shape index (κ3) is 2.63. The van der Waals surface area contributed by atoms with Crippen molar-refractivity contribution in [1.29, 1.82) is 0 Å². The fraction of sp³-hybridized carbons (Fsp3) is 0.286. The maximum Gasteiger partial charge on any atom is 0.360 e. The Labute approximate surface area is 88.4 Å². The van der Waals surface area contributed by atoms with Crippen molar-refractivity contribution in [2.75, 3.05) is 6.61 Å². The molecule has 1 heterocycles. The van der Waals surface area contributed by atoms with Crippen molar-refractivity contribution in [3.8, 4) is 0 Å². The van der Waals surface area contributed by atoms with Crippen LogP contribution in [0.1, 0.15) is 17.4 Å². The first-order valence-corrected chi connectivity index (χ1v) is 4.67. The zero-order chi connectivity index (χ0) is 9.84. The molecule has 70 valence electrons. The van der Waals surface area contributed by atoms with Crippen LogP contribution in [0.4, 0.5) is 0 Å². The number of aromatic nitrogens is 2. The second-order valence-electron chi connectivity index (χ2n) is 2.05. The van der Waals surface area contributed by atoms with Gasteiger partial charge in [-0.05, 0) is 22.9 Å². The number of hydrogen-bond donors (Lipinski definition) is 0. The third-order valence-corrected chi connectivity index (χ3v) is 1.83. The number of hydrogen-bond acceptors (Lipinski definition) is 4. The van der Waals surface area contributed by atoms with Crippen molar-refractivity contribution >= 4 is 33.5 Å². The first-order chi connectivity index (χ1) is 6.15. The molecule has 13 heavy (non-hydrogen) atoms. The monoisotopic (exact) mass is 264 g/mol. The number of esters is 1. The summed E-state index contributed by atoms with van der Waals surface area (Å²) in [6.07, 6.45) is 1.41. The molecule has 1 rings (SSSR count). The molecule has 0 atom stereocenters. The van der Waals surface area contributed by atoms with Crippen LogP contribution in [0.25, 0.3) is 0 Å². The molecule has 0 spiro atoms. The Hall–Kier alpha value is -0.680. The molecular weight excluding hydrogens is 259 g/mol. The number of halogens is 2. The standard InChI is InChI=1S/C7H6BrClN2O2/c1-2-13-7(12)5-6(9)10-3-4(8)11-5/h3H,2H2,1H3. The van der Waals surface area contributed by atoms with Gasteiger partial charge in [-0.2, -0.15) is 0 Å². The molecule has 0 bridgehead atoms. The van der Waals surface area contributed by atoms with Crippen molar-refractivity contribution in [3.05, 3.63) is 21.6 Å². The van der Waals surface area contributed by atoms with E-state index in [1.54, 1.807) is 6.92 Å². The van der Waals surface area contributed by atoms with Crippen LogP contribution in [0.5, 0.6) is 0 Å². The van der Waals surface area contributed by atoms with Gasteiger partial charge in [-0.25, -0.2) is 14.8 Å². The Morgan fingerprint density at radius 2 is 2.46 bits per heavy atom. The highest BCUT2D eigenvalue weighted by atomic mass is 79.9. The summed E-state index contributed by atoms with van der Waals surface area (Å²) in [6.45, 7) is 1.99. The summed E-state index contributed by atoms with van der Waals surface area (Å²) < 4.78 is 5.16. The summed E-state index contributed by atoms with van der Waals surface area (Å²) in [4.78, 5) is 18.8. The van der Waals surface area contributed by atoms with Crippen LogP contribution in [-0.4, -0.2) is 22.5 Å². The van der Waals surface area contributed by atoms with Gasteiger partial charge >= 0.3 is 5.97 Å². The van der Waals surface area contributed by atoms with Gasteiger partial charge in [0.05, 0.1) is 12.8 Å². The van der Waals surface area contributed by atoms with Gasteiger partial charge in [0.25, 0.3) is 0 Å². The van der Waals surface area contributed by atoms with Gasteiger partial charge in [0, 0.05) is 0 Å². The number of rotatable bonds is 2. The van der Waals surface area contributed by atoms with Gasteiger partial charge in [0.2, 0.25) is 0 Å². The fourth-order valence-corrected chi connectivity index (χ4v) is 1.13. The minimum atomic E-state index is -0.568. The zero-order valence-electron chi connectivity index (χ0n) is 6.75. The molecule has 1 aromatic heterocycles. The maximum absolute atomic E-state index is 11.2. The molecule has 0 N–H and O–H groups in total. The lowest BCUT2D eigenvalue weighted by atomic mass is 10.4. The minimum Gasteiger partial charge on any atom is -0.461 e. The van der Waals surface area contributed by atoms with E-state index in [1.165, 1.54) is 6.20 Å². The van der Waals surface area contributed by atoms with E-state index >= 15 is 0 Å². The Bertz CT molecular complexity index is 332. The number of ether oxygens (including phenoxy) is 1. The summed E-state index contributed by atoms with van der Waals surface area (Å²) in [6, 6.07) is 0. The van der Waals surface area contributed by atoms with Crippen molar-refractivity contribution in [3.63, 3.8) is 0 Å². The van der Waals surface area contributed by atoms with Crippen LogP contribution < -0.4 is 0 Å². The zero-order valence-corrected chi connectivity index (χ0v) is 9.09. The maximum atomic E-state index is 11.2. The molecule has 1 aromatic rings. The first-order valence-electron chi connectivity index (χ1n) is 3.50. The quantitative estimate of drug-likeness (QED) is 0.768. The van der Waals surface area contributed by atoms with Crippen molar-refractivity contribution in [1.82, 2.24) is 9.97 Å². The van der Waals surface area contributed by atoms with E-state index < -0.39 is 5.97 Å². The van der Waals surface area contributed by atoms with Crippen LogP contribution in [0, 0.1) is 0 Å². The minimum absolute atomic E-state index is 0.0258. The van der Waals surface area contributed by atoms with E-state index in [0.29, 0.717) is 4.60 Å². The molecule has 4 nitrogen and oxygen atoms in total. The highest BCUT2D eigenvalue weighted by Crippen LogP contribution is 2.14. The summed E-state index contributed by atoms with van der Waals surface area (Å²) in [7, 11) is 0. The van der Waals surface area contributed by atoms with E-state index in [1.807, 2.05) is 0 Å². The van der Waals surface area contributed by atoms with Gasteiger partial charge in [0.1, 0.15) is 4.60 Å². The van der Waals surface area contributed by atoms with Gasteiger partial charge in [-0.3, -0.25) is 0 Å². The van der Waals surface area contributed by atoms with E-state index in [0.717, 1.165) is 0 Å². The van der Waals surface area contributed by atoms with Gasteiger partial charge < -0.3 is 4.74 Å². The Morgan fingerprint density at radius 1 is 1.77 bits per heavy atom. The number of carbonyl (C=O) groups is 1. The predicted molar refractivity (Wildman–Crippen MR) is 50.7 cm³/mol. The third-order valence-electron chi connectivity index (χ3n) is 1.17. The molecule has 0 saturated carbocycles. The summed E-state index contributed by atoms with van der Waals surface area (Å²) in [5.41, 5.74) is 0.0258. The highest BCUT2D eigenvalue weighted by molar-refractivity contribution is 9.10. The number of carbonyl (C=O) groups excluding carboxylic acids is 1. The molecule has 0 aliphatic carbocycles. The van der Waals surface area contributed by atoms with Crippen LogP contribution in [0.3, 0.4) is 0 Å². The van der Waals surface area contributed by atoms with Gasteiger partial charge in [0.15, 0.2) is 10.8 Å². The van der Waals surface area contributed by atoms with E-state index in [9.17, 15) is 4.79 Å². The molecule has 0 aliphatic heterocycles. The topological polar surface area (TPSA) is 52.1 Å². The molecule has 0 saturated heterocycles. The summed E-state index contributed by atoms with van der Waals surface area (Å²) >= 11 is 8.71.